The van der Waals surface area contributed by atoms with E-state index in [2.05, 4.69) is 5.32 Å². The molecule has 0 aromatic heterocycles. The number of ether oxygens (including phenoxy) is 2. The SMILES string of the molecule is COc1ccc(C(N)=O)c(OC(C)C(=O)Nc2ccc([N+](=O)[O-])cc2)c1. The van der Waals surface area contributed by atoms with E-state index in [1.165, 1.54) is 50.4 Å². The molecule has 9 nitrogen and oxygen atoms in total. The fourth-order valence-electron chi connectivity index (χ4n) is 2.09. The fraction of sp³-hybridized carbons (Fsp3) is 0.176. The Bertz CT molecular complexity index is 835. The van der Waals surface area contributed by atoms with Crippen molar-refractivity contribution in [3.8, 4) is 11.5 Å². The van der Waals surface area contributed by atoms with E-state index in [4.69, 9.17) is 15.2 Å². The summed E-state index contributed by atoms with van der Waals surface area (Å²) >= 11 is 0. The van der Waals surface area contributed by atoms with E-state index in [1.807, 2.05) is 0 Å². The maximum Gasteiger partial charge on any atom is 0.269 e. The van der Waals surface area contributed by atoms with Gasteiger partial charge in [0.2, 0.25) is 0 Å². The van der Waals surface area contributed by atoms with Crippen molar-refractivity contribution >= 4 is 23.2 Å². The minimum Gasteiger partial charge on any atom is -0.497 e. The third kappa shape index (κ3) is 4.47. The number of methoxy groups -OCH3 is 1. The zero-order valence-electron chi connectivity index (χ0n) is 14.1. The molecule has 136 valence electrons. The Morgan fingerprint density at radius 1 is 1.19 bits per heavy atom. The Hall–Kier alpha value is -3.62. The topological polar surface area (TPSA) is 134 Å². The monoisotopic (exact) mass is 359 g/mol. The third-order valence-electron chi connectivity index (χ3n) is 3.47. The molecule has 26 heavy (non-hydrogen) atoms. The fourth-order valence-corrected chi connectivity index (χ4v) is 2.09. The number of amides is 2. The predicted octanol–water partition coefficient (Wildman–Crippen LogP) is 2.11. The maximum absolute atomic E-state index is 12.3. The van der Waals surface area contributed by atoms with Crippen LogP contribution in [0.25, 0.3) is 0 Å². The lowest BCUT2D eigenvalue weighted by Gasteiger charge is -2.17. The first kappa shape index (κ1) is 18.7. The van der Waals surface area contributed by atoms with E-state index in [9.17, 15) is 19.7 Å². The summed E-state index contributed by atoms with van der Waals surface area (Å²) in [5.41, 5.74) is 5.70. The van der Waals surface area contributed by atoms with Gasteiger partial charge in [-0.25, -0.2) is 0 Å². The molecule has 3 N–H and O–H groups in total. The molecule has 1 unspecified atom stereocenters. The van der Waals surface area contributed by atoms with Gasteiger partial charge in [-0.3, -0.25) is 19.7 Å². The lowest BCUT2D eigenvalue weighted by Crippen LogP contribution is -2.31. The molecule has 2 aromatic carbocycles. The Morgan fingerprint density at radius 2 is 1.85 bits per heavy atom. The van der Waals surface area contributed by atoms with Crippen LogP contribution in [0.1, 0.15) is 17.3 Å². The minimum atomic E-state index is -0.963. The second-order valence-electron chi connectivity index (χ2n) is 5.28. The Kier molecular flexibility index (Phi) is 5.74. The summed E-state index contributed by atoms with van der Waals surface area (Å²) in [4.78, 5) is 33.8. The van der Waals surface area contributed by atoms with E-state index in [0.29, 0.717) is 11.4 Å². The van der Waals surface area contributed by atoms with Gasteiger partial charge >= 0.3 is 0 Å². The number of benzene rings is 2. The number of primary amides is 1. The van der Waals surface area contributed by atoms with Crippen LogP contribution in [0.3, 0.4) is 0 Å². The summed E-state index contributed by atoms with van der Waals surface area (Å²) < 4.78 is 10.6. The highest BCUT2D eigenvalue weighted by molar-refractivity contribution is 5.97. The summed E-state index contributed by atoms with van der Waals surface area (Å²) in [5.74, 6) is -0.654. The van der Waals surface area contributed by atoms with Gasteiger partial charge in [0.25, 0.3) is 17.5 Å². The van der Waals surface area contributed by atoms with Crippen LogP contribution in [0.2, 0.25) is 0 Å². The first-order chi connectivity index (χ1) is 12.3. The smallest absolute Gasteiger partial charge is 0.269 e. The van der Waals surface area contributed by atoms with Crippen LogP contribution in [0.5, 0.6) is 11.5 Å². The largest absolute Gasteiger partial charge is 0.497 e. The summed E-state index contributed by atoms with van der Waals surface area (Å²) in [6.07, 6.45) is -0.963. The van der Waals surface area contributed by atoms with Crippen molar-refractivity contribution in [3.63, 3.8) is 0 Å². The number of nitrogens with zero attached hydrogens (tertiary/aromatic N) is 1. The number of hydrogen-bond acceptors (Lipinski definition) is 6. The van der Waals surface area contributed by atoms with Crippen LogP contribution >= 0.6 is 0 Å². The van der Waals surface area contributed by atoms with Gasteiger partial charge in [-0.15, -0.1) is 0 Å². The average molecular weight is 359 g/mol. The van der Waals surface area contributed by atoms with Crippen molar-refractivity contribution in [1.29, 1.82) is 0 Å². The number of carbonyl (C=O) groups is 2. The van der Waals surface area contributed by atoms with E-state index >= 15 is 0 Å². The first-order valence-corrected chi connectivity index (χ1v) is 7.51. The molecule has 2 rings (SSSR count). The van der Waals surface area contributed by atoms with Crippen LogP contribution < -0.4 is 20.5 Å². The first-order valence-electron chi connectivity index (χ1n) is 7.51. The number of non-ortho nitro benzene ring substituents is 1. The quantitative estimate of drug-likeness (QED) is 0.574. The van der Waals surface area contributed by atoms with E-state index in [-0.39, 0.29) is 17.0 Å². The molecule has 1 atom stereocenters. The molecule has 0 bridgehead atoms. The highest BCUT2D eigenvalue weighted by Gasteiger charge is 2.19. The molecular formula is C17H17N3O6. The van der Waals surface area contributed by atoms with Gasteiger partial charge in [0.15, 0.2) is 6.10 Å². The summed E-state index contributed by atoms with van der Waals surface area (Å²) in [7, 11) is 1.45. The predicted molar refractivity (Wildman–Crippen MR) is 93.3 cm³/mol. The van der Waals surface area contributed by atoms with Crippen LogP contribution in [0.15, 0.2) is 42.5 Å². The Labute approximate surface area is 148 Å². The maximum atomic E-state index is 12.3. The molecule has 0 saturated heterocycles. The van der Waals surface area contributed by atoms with Gasteiger partial charge in [-0.1, -0.05) is 0 Å². The van der Waals surface area contributed by atoms with E-state index < -0.39 is 22.8 Å². The standard InChI is InChI=1S/C17H17N3O6/c1-10(17(22)19-11-3-5-12(6-4-11)20(23)24)26-15-9-13(25-2)7-8-14(15)16(18)21/h3-10H,1-2H3,(H2,18,21)(H,19,22). The second kappa shape index (κ2) is 7.97. The van der Waals surface area contributed by atoms with Gasteiger partial charge in [-0.2, -0.15) is 0 Å². The highest BCUT2D eigenvalue weighted by atomic mass is 16.6. The zero-order chi connectivity index (χ0) is 19.3. The van der Waals surface area contributed by atoms with Crippen LogP contribution in [-0.2, 0) is 4.79 Å². The van der Waals surface area contributed by atoms with Crippen molar-refractivity contribution < 1.29 is 24.0 Å². The molecule has 2 aromatic rings. The number of hydrogen-bond donors (Lipinski definition) is 2. The molecule has 0 fully saturated rings. The second-order valence-corrected chi connectivity index (χ2v) is 5.28. The van der Waals surface area contributed by atoms with Crippen molar-refractivity contribution in [2.45, 2.75) is 13.0 Å². The molecular weight excluding hydrogens is 342 g/mol. The number of carbonyl (C=O) groups excluding carboxylic acids is 2. The molecule has 0 spiro atoms. The van der Waals surface area contributed by atoms with Crippen molar-refractivity contribution in [2.24, 2.45) is 5.73 Å². The van der Waals surface area contributed by atoms with Crippen LogP contribution in [0, 0.1) is 10.1 Å². The number of rotatable bonds is 7. The number of nitro groups is 1. The molecule has 0 heterocycles. The molecule has 2 amide bonds. The number of nitro benzene ring substituents is 1. The molecule has 0 aliphatic heterocycles. The molecule has 0 radical (unpaired) electrons. The third-order valence-corrected chi connectivity index (χ3v) is 3.47. The van der Waals surface area contributed by atoms with Gasteiger partial charge in [0.05, 0.1) is 17.6 Å². The van der Waals surface area contributed by atoms with Crippen molar-refractivity contribution in [2.75, 3.05) is 12.4 Å². The number of nitrogens with one attached hydrogen (secondary N) is 1. The summed E-state index contributed by atoms with van der Waals surface area (Å²) in [6, 6.07) is 9.80. The molecule has 0 aliphatic carbocycles. The number of nitrogens with two attached hydrogens (primary N) is 1. The highest BCUT2D eigenvalue weighted by Crippen LogP contribution is 2.26. The van der Waals surface area contributed by atoms with Crippen LogP contribution in [-0.4, -0.2) is 30.0 Å². The van der Waals surface area contributed by atoms with Gasteiger partial charge < -0.3 is 20.5 Å². The van der Waals surface area contributed by atoms with E-state index in [1.54, 1.807) is 6.07 Å². The summed E-state index contributed by atoms with van der Waals surface area (Å²) in [5, 5.41) is 13.2. The Morgan fingerprint density at radius 3 is 2.38 bits per heavy atom. The zero-order valence-corrected chi connectivity index (χ0v) is 14.1. The molecule has 0 aliphatic rings. The normalized spacial score (nSPS) is 11.3. The lowest BCUT2D eigenvalue weighted by atomic mass is 10.1. The van der Waals surface area contributed by atoms with Gasteiger partial charge in [0, 0.05) is 23.9 Å². The van der Waals surface area contributed by atoms with Crippen molar-refractivity contribution in [1.82, 2.24) is 0 Å². The number of anilines is 1. The summed E-state index contributed by atoms with van der Waals surface area (Å²) in [6.45, 7) is 1.49. The van der Waals surface area contributed by atoms with Gasteiger partial charge in [-0.05, 0) is 31.2 Å². The van der Waals surface area contributed by atoms with Crippen molar-refractivity contribution in [3.05, 3.63) is 58.1 Å². The Balaban J connectivity index is 2.11. The average Bonchev–Trinajstić information content (AvgIpc) is 2.61. The van der Waals surface area contributed by atoms with Crippen LogP contribution in [0.4, 0.5) is 11.4 Å². The van der Waals surface area contributed by atoms with Gasteiger partial charge in [0.1, 0.15) is 11.5 Å². The molecule has 0 saturated carbocycles. The molecule has 9 heteroatoms. The lowest BCUT2D eigenvalue weighted by molar-refractivity contribution is -0.384. The van der Waals surface area contributed by atoms with E-state index in [0.717, 1.165) is 0 Å². The minimum absolute atomic E-state index is 0.0882.